The summed E-state index contributed by atoms with van der Waals surface area (Å²) in [5.41, 5.74) is 1.16. The van der Waals surface area contributed by atoms with Gasteiger partial charge in [0.2, 0.25) is 5.88 Å². The molecule has 0 saturated heterocycles. The number of anilines is 1. The van der Waals surface area contributed by atoms with Crippen molar-refractivity contribution in [1.82, 2.24) is 9.97 Å². The van der Waals surface area contributed by atoms with Crippen molar-refractivity contribution in [3.63, 3.8) is 0 Å². The Morgan fingerprint density at radius 2 is 2.06 bits per heavy atom. The summed E-state index contributed by atoms with van der Waals surface area (Å²) in [4.78, 5) is 8.12. The minimum Gasteiger partial charge on any atom is -0.439 e. The van der Waals surface area contributed by atoms with Crippen molar-refractivity contribution < 1.29 is 4.74 Å². The fourth-order valence-electron chi connectivity index (χ4n) is 1.54. The Morgan fingerprint density at radius 1 is 1.24 bits per heavy atom. The number of aryl methyl sites for hydroxylation is 1. The Labute approximate surface area is 101 Å². The van der Waals surface area contributed by atoms with Crippen LogP contribution in [0.4, 0.5) is 5.82 Å². The van der Waals surface area contributed by atoms with E-state index in [2.05, 4.69) is 28.3 Å². The summed E-state index contributed by atoms with van der Waals surface area (Å²) in [7, 11) is 1.81. The molecule has 1 aromatic carbocycles. The highest BCUT2D eigenvalue weighted by Crippen LogP contribution is 2.24. The third-order valence-electron chi connectivity index (χ3n) is 2.47. The molecule has 0 radical (unpaired) electrons. The SMILES string of the molecule is CCc1ccccc1Oc1cc(NC)ncn1. The molecular formula is C13H15N3O. The number of aromatic nitrogens is 2. The van der Waals surface area contributed by atoms with Gasteiger partial charge in [-0.2, -0.15) is 0 Å². The molecule has 0 aliphatic carbocycles. The summed E-state index contributed by atoms with van der Waals surface area (Å²) in [6.45, 7) is 2.10. The molecule has 0 bridgehead atoms. The van der Waals surface area contributed by atoms with E-state index in [1.165, 1.54) is 6.33 Å². The van der Waals surface area contributed by atoms with E-state index in [0.29, 0.717) is 5.88 Å². The van der Waals surface area contributed by atoms with Crippen molar-refractivity contribution in [2.45, 2.75) is 13.3 Å². The zero-order chi connectivity index (χ0) is 12.1. The normalized spacial score (nSPS) is 10.0. The number of rotatable bonds is 4. The maximum Gasteiger partial charge on any atom is 0.224 e. The number of nitrogens with one attached hydrogen (secondary N) is 1. The molecule has 4 heteroatoms. The molecule has 4 nitrogen and oxygen atoms in total. The number of benzene rings is 1. The van der Waals surface area contributed by atoms with Gasteiger partial charge in [-0.3, -0.25) is 0 Å². The predicted molar refractivity (Wildman–Crippen MR) is 67.5 cm³/mol. The molecule has 88 valence electrons. The van der Waals surface area contributed by atoms with E-state index in [0.717, 1.165) is 23.6 Å². The Hall–Kier alpha value is -2.10. The van der Waals surface area contributed by atoms with Crippen LogP contribution in [0.1, 0.15) is 12.5 Å². The molecule has 0 unspecified atom stereocenters. The summed E-state index contributed by atoms with van der Waals surface area (Å²) in [6.07, 6.45) is 2.41. The van der Waals surface area contributed by atoms with Gasteiger partial charge in [-0.1, -0.05) is 25.1 Å². The molecule has 17 heavy (non-hydrogen) atoms. The van der Waals surface area contributed by atoms with Crippen LogP contribution in [0.5, 0.6) is 11.6 Å². The first-order chi connectivity index (χ1) is 8.33. The average molecular weight is 229 g/mol. The number of hydrogen-bond donors (Lipinski definition) is 1. The third-order valence-corrected chi connectivity index (χ3v) is 2.47. The molecule has 2 rings (SSSR count). The Morgan fingerprint density at radius 3 is 2.82 bits per heavy atom. The largest absolute Gasteiger partial charge is 0.439 e. The summed E-state index contributed by atoms with van der Waals surface area (Å²) >= 11 is 0. The van der Waals surface area contributed by atoms with E-state index in [9.17, 15) is 0 Å². The van der Waals surface area contributed by atoms with E-state index in [1.54, 1.807) is 6.07 Å². The van der Waals surface area contributed by atoms with Gasteiger partial charge in [-0.25, -0.2) is 9.97 Å². The standard InChI is InChI=1S/C13H15N3O/c1-3-10-6-4-5-7-11(10)17-13-8-12(14-2)15-9-16-13/h4-9H,3H2,1-2H3,(H,14,15,16). The first kappa shape index (κ1) is 11.4. The highest BCUT2D eigenvalue weighted by atomic mass is 16.5. The minimum atomic E-state index is 0.547. The predicted octanol–water partition coefficient (Wildman–Crippen LogP) is 2.87. The van der Waals surface area contributed by atoms with Gasteiger partial charge in [0.1, 0.15) is 17.9 Å². The van der Waals surface area contributed by atoms with Crippen LogP contribution in [0.25, 0.3) is 0 Å². The van der Waals surface area contributed by atoms with Crippen molar-refractivity contribution in [2.24, 2.45) is 0 Å². The minimum absolute atomic E-state index is 0.547. The lowest BCUT2D eigenvalue weighted by Crippen LogP contribution is -1.96. The number of hydrogen-bond acceptors (Lipinski definition) is 4. The highest BCUT2D eigenvalue weighted by Gasteiger charge is 2.04. The maximum absolute atomic E-state index is 5.75. The van der Waals surface area contributed by atoms with Crippen LogP contribution in [0.15, 0.2) is 36.7 Å². The molecule has 2 aromatic rings. The Kier molecular flexibility index (Phi) is 3.55. The van der Waals surface area contributed by atoms with Gasteiger partial charge >= 0.3 is 0 Å². The highest BCUT2D eigenvalue weighted by molar-refractivity contribution is 5.40. The van der Waals surface area contributed by atoms with Crippen molar-refractivity contribution in [3.8, 4) is 11.6 Å². The molecule has 0 amide bonds. The van der Waals surface area contributed by atoms with Crippen molar-refractivity contribution >= 4 is 5.82 Å². The lowest BCUT2D eigenvalue weighted by Gasteiger charge is -2.09. The van der Waals surface area contributed by atoms with E-state index < -0.39 is 0 Å². The van der Waals surface area contributed by atoms with Crippen LogP contribution >= 0.6 is 0 Å². The van der Waals surface area contributed by atoms with Gasteiger partial charge in [0, 0.05) is 13.1 Å². The van der Waals surface area contributed by atoms with Crippen LogP contribution in [0.3, 0.4) is 0 Å². The first-order valence-corrected chi connectivity index (χ1v) is 5.59. The quantitative estimate of drug-likeness (QED) is 0.875. The molecule has 1 N–H and O–H groups in total. The molecule has 0 aliphatic heterocycles. The third kappa shape index (κ3) is 2.72. The van der Waals surface area contributed by atoms with Crippen molar-refractivity contribution in [3.05, 3.63) is 42.2 Å². The number of nitrogens with zero attached hydrogens (tertiary/aromatic N) is 2. The van der Waals surface area contributed by atoms with Crippen LogP contribution in [0.2, 0.25) is 0 Å². The van der Waals surface area contributed by atoms with Gasteiger partial charge < -0.3 is 10.1 Å². The van der Waals surface area contributed by atoms with Gasteiger partial charge in [0.15, 0.2) is 0 Å². The summed E-state index contributed by atoms with van der Waals surface area (Å²) in [6, 6.07) is 9.72. The molecule has 1 heterocycles. The van der Waals surface area contributed by atoms with Gasteiger partial charge in [-0.05, 0) is 18.1 Å². The van der Waals surface area contributed by atoms with E-state index >= 15 is 0 Å². The van der Waals surface area contributed by atoms with Crippen LogP contribution < -0.4 is 10.1 Å². The van der Waals surface area contributed by atoms with E-state index in [1.807, 2.05) is 25.2 Å². The zero-order valence-corrected chi connectivity index (χ0v) is 9.97. The topological polar surface area (TPSA) is 47.0 Å². The molecule has 0 spiro atoms. The van der Waals surface area contributed by atoms with Crippen molar-refractivity contribution in [1.29, 1.82) is 0 Å². The monoisotopic (exact) mass is 229 g/mol. The molecule has 0 fully saturated rings. The van der Waals surface area contributed by atoms with Crippen molar-refractivity contribution in [2.75, 3.05) is 12.4 Å². The zero-order valence-electron chi connectivity index (χ0n) is 9.97. The summed E-state index contributed by atoms with van der Waals surface area (Å²) in [5.74, 6) is 2.13. The van der Waals surface area contributed by atoms with E-state index in [-0.39, 0.29) is 0 Å². The molecular weight excluding hydrogens is 214 g/mol. The number of ether oxygens (including phenoxy) is 1. The summed E-state index contributed by atoms with van der Waals surface area (Å²) < 4.78 is 5.75. The van der Waals surface area contributed by atoms with E-state index in [4.69, 9.17) is 4.74 Å². The fraction of sp³-hybridized carbons (Fsp3) is 0.231. The van der Waals surface area contributed by atoms with Gasteiger partial charge in [0.25, 0.3) is 0 Å². The van der Waals surface area contributed by atoms with Gasteiger partial charge in [-0.15, -0.1) is 0 Å². The molecule has 0 atom stereocenters. The molecule has 1 aromatic heterocycles. The van der Waals surface area contributed by atoms with Gasteiger partial charge in [0.05, 0.1) is 0 Å². The second-order valence-corrected chi connectivity index (χ2v) is 3.55. The second-order valence-electron chi connectivity index (χ2n) is 3.55. The lowest BCUT2D eigenvalue weighted by atomic mass is 10.1. The Balaban J connectivity index is 2.24. The number of para-hydroxylation sites is 1. The Bertz CT molecular complexity index is 500. The fourth-order valence-corrected chi connectivity index (χ4v) is 1.54. The summed E-state index contributed by atoms with van der Waals surface area (Å²) in [5, 5.41) is 2.95. The van der Waals surface area contributed by atoms with Crippen LogP contribution in [0, 0.1) is 0 Å². The maximum atomic E-state index is 5.75. The van der Waals surface area contributed by atoms with Crippen LogP contribution in [-0.2, 0) is 6.42 Å². The molecule has 0 saturated carbocycles. The smallest absolute Gasteiger partial charge is 0.224 e. The van der Waals surface area contributed by atoms with Crippen LogP contribution in [-0.4, -0.2) is 17.0 Å². The molecule has 0 aliphatic rings. The second kappa shape index (κ2) is 5.30. The lowest BCUT2D eigenvalue weighted by molar-refractivity contribution is 0.456. The average Bonchev–Trinajstić information content (AvgIpc) is 2.39. The first-order valence-electron chi connectivity index (χ1n) is 5.59.